The summed E-state index contributed by atoms with van der Waals surface area (Å²) in [5.74, 6) is -0.114. The molecule has 2 bridgehead atoms. The van der Waals surface area contributed by atoms with Gasteiger partial charge in [0.15, 0.2) is 0 Å². The standard InChI is InChI=1S/C15H18N4O5/c1-4-5-24-19-9-7-18(15(19)21)12(13(16)20)8-6-10(22-2)17-14(23-3)11(8)9/h4,6,9,12H,1,5,7H2,2-3H3,(H2,16,20). The fraction of sp³-hybridized carbons (Fsp3) is 0.400. The van der Waals surface area contributed by atoms with Gasteiger partial charge < -0.3 is 20.1 Å². The first-order valence-corrected chi connectivity index (χ1v) is 7.29. The molecule has 0 aliphatic carbocycles. The van der Waals surface area contributed by atoms with Crippen LogP contribution in [-0.4, -0.2) is 54.3 Å². The molecule has 9 heteroatoms. The summed E-state index contributed by atoms with van der Waals surface area (Å²) in [4.78, 5) is 35.7. The van der Waals surface area contributed by atoms with Crippen LogP contribution in [0.5, 0.6) is 11.8 Å². The SMILES string of the molecule is C=CCON1C(=O)N2CC1c1c(cc(OC)nc1OC)C2C(N)=O. The number of fused-ring (bicyclic) bond motifs is 4. The van der Waals surface area contributed by atoms with E-state index in [9.17, 15) is 9.59 Å². The maximum Gasteiger partial charge on any atom is 0.345 e. The highest BCUT2D eigenvalue weighted by atomic mass is 16.7. The second kappa shape index (κ2) is 6.00. The zero-order valence-electron chi connectivity index (χ0n) is 13.4. The van der Waals surface area contributed by atoms with Gasteiger partial charge in [0, 0.05) is 17.2 Å². The Morgan fingerprint density at radius 1 is 1.50 bits per heavy atom. The highest BCUT2D eigenvalue weighted by molar-refractivity contribution is 5.90. The summed E-state index contributed by atoms with van der Waals surface area (Å²) in [5, 5.41) is 1.21. The average Bonchev–Trinajstić information content (AvgIpc) is 2.84. The fourth-order valence-corrected chi connectivity index (χ4v) is 3.12. The number of ether oxygens (including phenoxy) is 2. The Bertz CT molecular complexity index is 707. The van der Waals surface area contributed by atoms with Gasteiger partial charge >= 0.3 is 6.03 Å². The summed E-state index contributed by atoms with van der Waals surface area (Å²) >= 11 is 0. The third-order valence-electron chi connectivity index (χ3n) is 4.06. The van der Waals surface area contributed by atoms with Gasteiger partial charge in [-0.1, -0.05) is 6.08 Å². The van der Waals surface area contributed by atoms with Crippen LogP contribution in [0.4, 0.5) is 4.79 Å². The quantitative estimate of drug-likeness (QED) is 0.761. The molecule has 0 aromatic carbocycles. The van der Waals surface area contributed by atoms with Gasteiger partial charge in [0.1, 0.15) is 12.1 Å². The Kier molecular flexibility index (Phi) is 4.02. The predicted molar refractivity (Wildman–Crippen MR) is 82.1 cm³/mol. The number of amides is 3. The van der Waals surface area contributed by atoms with E-state index in [-0.39, 0.29) is 24.9 Å². The smallest absolute Gasteiger partial charge is 0.345 e. The van der Waals surface area contributed by atoms with Crippen molar-refractivity contribution in [2.45, 2.75) is 12.1 Å². The van der Waals surface area contributed by atoms with Crippen LogP contribution in [0.25, 0.3) is 0 Å². The number of nitrogens with two attached hydrogens (primary N) is 1. The van der Waals surface area contributed by atoms with Gasteiger partial charge in [-0.2, -0.15) is 10.0 Å². The minimum atomic E-state index is -0.938. The summed E-state index contributed by atoms with van der Waals surface area (Å²) in [6, 6.07) is -0.248. The van der Waals surface area contributed by atoms with Crippen molar-refractivity contribution < 1.29 is 23.9 Å². The molecule has 3 amide bonds. The van der Waals surface area contributed by atoms with Gasteiger partial charge in [0.2, 0.25) is 17.7 Å². The van der Waals surface area contributed by atoms with Crippen molar-refractivity contribution in [2.75, 3.05) is 27.4 Å². The molecule has 1 aromatic rings. The molecule has 1 aromatic heterocycles. The summed E-state index contributed by atoms with van der Waals surface area (Å²) in [6.07, 6.45) is 1.53. The number of rotatable bonds is 6. The highest BCUT2D eigenvalue weighted by Gasteiger charge is 2.52. The van der Waals surface area contributed by atoms with E-state index in [4.69, 9.17) is 20.0 Å². The average molecular weight is 334 g/mol. The minimum Gasteiger partial charge on any atom is -0.481 e. The first-order chi connectivity index (χ1) is 11.5. The molecular formula is C15H18N4O5. The zero-order valence-corrected chi connectivity index (χ0v) is 13.4. The van der Waals surface area contributed by atoms with Crippen molar-refractivity contribution in [3.63, 3.8) is 0 Å². The van der Waals surface area contributed by atoms with Gasteiger partial charge in [-0.15, -0.1) is 6.58 Å². The number of carbonyl (C=O) groups is 2. The molecule has 3 rings (SSSR count). The number of urea groups is 1. The molecule has 9 nitrogen and oxygen atoms in total. The Labute approximate surface area is 138 Å². The van der Waals surface area contributed by atoms with Crippen LogP contribution < -0.4 is 15.2 Å². The molecule has 0 saturated carbocycles. The molecule has 2 aliphatic heterocycles. The lowest BCUT2D eigenvalue weighted by Gasteiger charge is -2.31. The molecule has 2 unspecified atom stereocenters. The lowest BCUT2D eigenvalue weighted by molar-refractivity contribution is -0.122. The van der Waals surface area contributed by atoms with Crippen LogP contribution >= 0.6 is 0 Å². The normalized spacial score (nSPS) is 21.5. The molecule has 3 heterocycles. The van der Waals surface area contributed by atoms with Crippen molar-refractivity contribution in [1.82, 2.24) is 14.9 Å². The molecule has 1 fully saturated rings. The largest absolute Gasteiger partial charge is 0.481 e. The molecule has 0 spiro atoms. The van der Waals surface area contributed by atoms with Crippen LogP contribution in [0.15, 0.2) is 18.7 Å². The van der Waals surface area contributed by atoms with E-state index in [2.05, 4.69) is 11.6 Å². The lowest BCUT2D eigenvalue weighted by atomic mass is 9.91. The Morgan fingerprint density at radius 2 is 2.25 bits per heavy atom. The summed E-state index contributed by atoms with van der Waals surface area (Å²) in [7, 11) is 2.91. The van der Waals surface area contributed by atoms with Gasteiger partial charge in [-0.05, 0) is 0 Å². The third-order valence-corrected chi connectivity index (χ3v) is 4.06. The van der Waals surface area contributed by atoms with E-state index >= 15 is 0 Å². The van der Waals surface area contributed by atoms with Crippen molar-refractivity contribution >= 4 is 11.9 Å². The Morgan fingerprint density at radius 3 is 2.83 bits per heavy atom. The number of hydrogen-bond donors (Lipinski definition) is 1. The first kappa shape index (κ1) is 16.1. The Balaban J connectivity index is 2.18. The molecule has 2 N–H and O–H groups in total. The molecule has 0 radical (unpaired) electrons. The van der Waals surface area contributed by atoms with Crippen LogP contribution in [0.3, 0.4) is 0 Å². The van der Waals surface area contributed by atoms with E-state index < -0.39 is 24.0 Å². The van der Waals surface area contributed by atoms with E-state index in [1.54, 1.807) is 6.07 Å². The minimum absolute atomic E-state index is 0.151. The van der Waals surface area contributed by atoms with Crippen molar-refractivity contribution in [3.05, 3.63) is 29.8 Å². The Hall–Kier alpha value is -2.81. The molecule has 2 aliphatic rings. The number of primary amides is 1. The van der Waals surface area contributed by atoms with Crippen LogP contribution in [-0.2, 0) is 9.63 Å². The van der Waals surface area contributed by atoms with E-state index in [0.717, 1.165) is 0 Å². The second-order valence-corrected chi connectivity index (χ2v) is 5.34. The maximum atomic E-state index is 12.6. The first-order valence-electron chi connectivity index (χ1n) is 7.29. The fourth-order valence-electron chi connectivity index (χ4n) is 3.12. The predicted octanol–water partition coefficient (Wildman–Crippen LogP) is 0.535. The van der Waals surface area contributed by atoms with Crippen molar-refractivity contribution in [3.8, 4) is 11.8 Å². The summed E-state index contributed by atoms with van der Waals surface area (Å²) in [5.41, 5.74) is 6.67. The van der Waals surface area contributed by atoms with Crippen LogP contribution in [0, 0.1) is 0 Å². The van der Waals surface area contributed by atoms with E-state index in [1.807, 2.05) is 0 Å². The van der Waals surface area contributed by atoms with Gasteiger partial charge in [-0.25, -0.2) is 4.79 Å². The number of pyridine rings is 1. The maximum absolute atomic E-state index is 12.6. The molecule has 1 saturated heterocycles. The number of hydroxylamine groups is 2. The monoisotopic (exact) mass is 334 g/mol. The van der Waals surface area contributed by atoms with Crippen molar-refractivity contribution in [2.24, 2.45) is 5.73 Å². The summed E-state index contributed by atoms with van der Waals surface area (Å²) < 4.78 is 10.5. The highest BCUT2D eigenvalue weighted by Crippen LogP contribution is 2.47. The van der Waals surface area contributed by atoms with Crippen molar-refractivity contribution in [1.29, 1.82) is 0 Å². The second-order valence-electron chi connectivity index (χ2n) is 5.34. The third kappa shape index (κ3) is 2.24. The van der Waals surface area contributed by atoms with E-state index in [1.165, 1.54) is 30.3 Å². The number of aromatic nitrogens is 1. The molecule has 24 heavy (non-hydrogen) atoms. The number of hydrogen-bond acceptors (Lipinski definition) is 6. The number of nitrogens with zero attached hydrogens (tertiary/aromatic N) is 3. The van der Waals surface area contributed by atoms with Crippen LogP contribution in [0.1, 0.15) is 23.2 Å². The van der Waals surface area contributed by atoms with Gasteiger partial charge in [0.25, 0.3) is 0 Å². The molecule has 2 atom stereocenters. The van der Waals surface area contributed by atoms with Gasteiger partial charge in [0.05, 0.1) is 27.4 Å². The zero-order chi connectivity index (χ0) is 17.4. The topological polar surface area (TPSA) is 107 Å². The van der Waals surface area contributed by atoms with Crippen LogP contribution in [0.2, 0.25) is 0 Å². The summed E-state index contributed by atoms with van der Waals surface area (Å²) in [6.45, 7) is 3.97. The number of carbonyl (C=O) groups excluding carboxylic acids is 2. The molecule has 128 valence electrons. The van der Waals surface area contributed by atoms with E-state index in [0.29, 0.717) is 11.1 Å². The lowest BCUT2D eigenvalue weighted by Crippen LogP contribution is -2.41. The number of methoxy groups -OCH3 is 2. The van der Waals surface area contributed by atoms with Gasteiger partial charge in [-0.3, -0.25) is 9.63 Å². The molecular weight excluding hydrogens is 316 g/mol.